The van der Waals surface area contributed by atoms with Crippen LogP contribution in [-0.2, 0) is 16.1 Å². The lowest BCUT2D eigenvalue weighted by Crippen LogP contribution is -2.51. The number of amides is 1. The normalized spacial score (nSPS) is 20.2. The minimum Gasteiger partial charge on any atom is -0.378 e. The highest BCUT2D eigenvalue weighted by Gasteiger charge is 2.24. The van der Waals surface area contributed by atoms with Crippen molar-refractivity contribution in [1.82, 2.24) is 10.2 Å². The van der Waals surface area contributed by atoms with Gasteiger partial charge in [0, 0.05) is 20.1 Å². The van der Waals surface area contributed by atoms with Crippen molar-refractivity contribution in [3.63, 3.8) is 0 Å². The van der Waals surface area contributed by atoms with Crippen LogP contribution < -0.4 is 5.32 Å². The number of likely N-dealkylation sites (N-methyl/N-ethyl adjacent to an activating group) is 1. The topological polar surface area (TPSA) is 41.6 Å². The summed E-state index contributed by atoms with van der Waals surface area (Å²) < 4.78 is 6.38. The molecule has 1 aliphatic heterocycles. The predicted molar refractivity (Wildman–Crippen MR) is 71.1 cm³/mol. The Labute approximate surface area is 113 Å². The van der Waals surface area contributed by atoms with Crippen LogP contribution in [0.25, 0.3) is 0 Å². The zero-order chi connectivity index (χ0) is 12.3. The molecule has 6 heteroatoms. The molecular weight excluding hydrogens is 304 g/mol. The van der Waals surface area contributed by atoms with Crippen LogP contribution in [0.4, 0.5) is 0 Å². The lowest BCUT2D eigenvalue weighted by molar-refractivity contribution is -0.135. The molecule has 1 fully saturated rings. The minimum absolute atomic E-state index is 0.0898. The monoisotopic (exact) mass is 318 g/mol. The first-order valence-corrected chi connectivity index (χ1v) is 7.13. The number of carbonyl (C=O) groups excluding carboxylic acids is 1. The van der Waals surface area contributed by atoms with Crippen molar-refractivity contribution in [3.05, 3.63) is 20.8 Å². The second-order valence-electron chi connectivity index (χ2n) is 4.03. The number of ether oxygens (including phenoxy) is 1. The van der Waals surface area contributed by atoms with Gasteiger partial charge >= 0.3 is 0 Å². The molecule has 4 nitrogen and oxygen atoms in total. The molecule has 1 aromatic heterocycles. The summed E-state index contributed by atoms with van der Waals surface area (Å²) in [7, 11) is 1.82. The molecule has 1 atom stereocenters. The molecule has 0 saturated carbocycles. The van der Waals surface area contributed by atoms with Gasteiger partial charge in [-0.25, -0.2) is 0 Å². The van der Waals surface area contributed by atoms with Crippen LogP contribution in [0.2, 0.25) is 0 Å². The summed E-state index contributed by atoms with van der Waals surface area (Å²) in [6, 6.07) is 1.84. The predicted octanol–water partition coefficient (Wildman–Crippen LogP) is 1.46. The number of hydrogen-bond acceptors (Lipinski definition) is 4. The molecular formula is C11H15BrN2O2S. The third kappa shape index (κ3) is 3.51. The van der Waals surface area contributed by atoms with E-state index in [1.165, 1.54) is 0 Å². The van der Waals surface area contributed by atoms with Crippen LogP contribution in [0.5, 0.6) is 0 Å². The number of thiophene rings is 1. The van der Waals surface area contributed by atoms with Gasteiger partial charge in [-0.2, -0.15) is 0 Å². The fourth-order valence-electron chi connectivity index (χ4n) is 1.77. The van der Waals surface area contributed by atoms with E-state index in [0.29, 0.717) is 19.8 Å². The third-order valence-corrected chi connectivity index (χ3v) is 4.19. The van der Waals surface area contributed by atoms with E-state index in [1.807, 2.05) is 13.1 Å². The molecule has 1 aliphatic rings. The number of halogens is 1. The fraction of sp³-hybridized carbons (Fsp3) is 0.545. The van der Waals surface area contributed by atoms with Crippen LogP contribution in [0.15, 0.2) is 15.2 Å². The maximum atomic E-state index is 12.1. The van der Waals surface area contributed by atoms with Gasteiger partial charge in [0.1, 0.15) is 6.04 Å². The molecule has 1 aromatic rings. The van der Waals surface area contributed by atoms with E-state index >= 15 is 0 Å². The molecule has 0 aromatic carbocycles. The van der Waals surface area contributed by atoms with E-state index in [9.17, 15) is 4.79 Å². The van der Waals surface area contributed by atoms with E-state index in [2.05, 4.69) is 26.6 Å². The lowest BCUT2D eigenvalue weighted by Gasteiger charge is -2.27. The second-order valence-corrected chi connectivity index (χ2v) is 6.33. The quantitative estimate of drug-likeness (QED) is 0.917. The van der Waals surface area contributed by atoms with Crippen molar-refractivity contribution < 1.29 is 9.53 Å². The zero-order valence-electron chi connectivity index (χ0n) is 9.61. The van der Waals surface area contributed by atoms with Gasteiger partial charge in [0.25, 0.3) is 0 Å². The summed E-state index contributed by atoms with van der Waals surface area (Å²) in [5, 5.41) is 5.22. The highest BCUT2D eigenvalue weighted by atomic mass is 79.9. The maximum Gasteiger partial charge on any atom is 0.242 e. The molecule has 1 saturated heterocycles. The average Bonchev–Trinajstić information content (AvgIpc) is 2.75. The van der Waals surface area contributed by atoms with Crippen LogP contribution in [-0.4, -0.2) is 43.7 Å². The van der Waals surface area contributed by atoms with E-state index in [1.54, 1.807) is 16.2 Å². The van der Waals surface area contributed by atoms with Gasteiger partial charge in [0.2, 0.25) is 5.91 Å². The highest BCUT2D eigenvalue weighted by molar-refractivity contribution is 9.11. The summed E-state index contributed by atoms with van der Waals surface area (Å²) in [5.41, 5.74) is 1.15. The Bertz CT molecular complexity index is 391. The zero-order valence-corrected chi connectivity index (χ0v) is 12.0. The van der Waals surface area contributed by atoms with Gasteiger partial charge in [-0.3, -0.25) is 4.79 Å². The van der Waals surface area contributed by atoms with Gasteiger partial charge < -0.3 is 15.0 Å². The minimum atomic E-state index is -0.198. The standard InChI is InChI=1S/C11H15BrN2O2S/c1-14(5-8-4-10(12)17-7-8)11(15)9-6-16-3-2-13-9/h4,7,9,13H,2-3,5-6H2,1H3. The van der Waals surface area contributed by atoms with Crippen molar-refractivity contribution in [2.75, 3.05) is 26.8 Å². The molecule has 0 bridgehead atoms. The van der Waals surface area contributed by atoms with Crippen LogP contribution in [0.3, 0.4) is 0 Å². The fourth-order valence-corrected chi connectivity index (χ4v) is 2.97. The molecule has 2 rings (SSSR count). The summed E-state index contributed by atoms with van der Waals surface area (Å²) in [6.45, 7) is 2.54. The first-order valence-electron chi connectivity index (χ1n) is 5.46. The maximum absolute atomic E-state index is 12.1. The molecule has 2 heterocycles. The average molecular weight is 319 g/mol. The lowest BCUT2D eigenvalue weighted by atomic mass is 10.2. The summed E-state index contributed by atoms with van der Waals surface area (Å²) in [6.07, 6.45) is 0. The number of hydrogen-bond donors (Lipinski definition) is 1. The van der Waals surface area contributed by atoms with Gasteiger partial charge in [0.15, 0.2) is 0 Å². The number of morpholine rings is 1. The Hall–Kier alpha value is -0.430. The molecule has 0 aliphatic carbocycles. The Morgan fingerprint density at radius 1 is 1.76 bits per heavy atom. The molecule has 0 radical (unpaired) electrons. The van der Waals surface area contributed by atoms with Gasteiger partial charge in [-0.05, 0) is 32.9 Å². The Balaban J connectivity index is 1.90. The highest BCUT2D eigenvalue weighted by Crippen LogP contribution is 2.21. The Kier molecular flexibility index (Phi) is 4.55. The van der Waals surface area contributed by atoms with Gasteiger partial charge in [0.05, 0.1) is 17.0 Å². The van der Waals surface area contributed by atoms with E-state index < -0.39 is 0 Å². The van der Waals surface area contributed by atoms with Gasteiger partial charge in [-0.15, -0.1) is 11.3 Å². The SMILES string of the molecule is CN(Cc1csc(Br)c1)C(=O)C1COCCN1. The summed E-state index contributed by atoms with van der Waals surface area (Å²) >= 11 is 5.05. The van der Waals surface area contributed by atoms with Crippen LogP contribution in [0, 0.1) is 0 Å². The Morgan fingerprint density at radius 2 is 2.59 bits per heavy atom. The van der Waals surface area contributed by atoms with Crippen LogP contribution >= 0.6 is 27.3 Å². The van der Waals surface area contributed by atoms with Crippen molar-refractivity contribution >= 4 is 33.2 Å². The van der Waals surface area contributed by atoms with Gasteiger partial charge in [-0.1, -0.05) is 0 Å². The van der Waals surface area contributed by atoms with Crippen molar-refractivity contribution in [1.29, 1.82) is 0 Å². The first kappa shape index (κ1) is 13.0. The third-order valence-electron chi connectivity index (χ3n) is 2.64. The van der Waals surface area contributed by atoms with Crippen LogP contribution in [0.1, 0.15) is 5.56 Å². The number of nitrogens with one attached hydrogen (secondary N) is 1. The van der Waals surface area contributed by atoms with E-state index in [-0.39, 0.29) is 11.9 Å². The summed E-state index contributed by atoms with van der Waals surface area (Å²) in [4.78, 5) is 13.8. The number of nitrogens with zero attached hydrogens (tertiary/aromatic N) is 1. The van der Waals surface area contributed by atoms with E-state index in [4.69, 9.17) is 4.74 Å². The van der Waals surface area contributed by atoms with Crippen molar-refractivity contribution in [2.45, 2.75) is 12.6 Å². The molecule has 0 spiro atoms. The number of carbonyl (C=O) groups is 1. The molecule has 1 amide bonds. The molecule has 1 unspecified atom stereocenters. The molecule has 94 valence electrons. The van der Waals surface area contributed by atoms with E-state index in [0.717, 1.165) is 15.9 Å². The smallest absolute Gasteiger partial charge is 0.242 e. The second kappa shape index (κ2) is 5.95. The van der Waals surface area contributed by atoms with Crippen molar-refractivity contribution in [3.8, 4) is 0 Å². The molecule has 1 N–H and O–H groups in total. The summed E-state index contributed by atoms with van der Waals surface area (Å²) in [5.74, 6) is 0.0898. The first-order chi connectivity index (χ1) is 8.16. The van der Waals surface area contributed by atoms with Crippen molar-refractivity contribution in [2.24, 2.45) is 0 Å². The molecule has 17 heavy (non-hydrogen) atoms. The number of rotatable bonds is 3. The largest absolute Gasteiger partial charge is 0.378 e. The Morgan fingerprint density at radius 3 is 3.18 bits per heavy atom.